The molecule has 3 nitrogen and oxygen atoms in total. The van der Waals surface area contributed by atoms with Crippen LogP contribution in [0.3, 0.4) is 0 Å². The first-order chi connectivity index (χ1) is 10.1. The standard InChI is InChI=1S/C17H20FNO2/c1-4-21-14-9-8-11(2)10-12(14)17(19)16-13(18)6-5-7-15(16)20-3/h5-10,17H,4,19H2,1-3H3. The van der Waals surface area contributed by atoms with Gasteiger partial charge in [0.1, 0.15) is 17.3 Å². The largest absolute Gasteiger partial charge is 0.496 e. The first kappa shape index (κ1) is 15.3. The molecule has 0 fully saturated rings. The zero-order valence-electron chi connectivity index (χ0n) is 12.5. The second-order valence-corrected chi connectivity index (χ2v) is 4.81. The normalized spacial score (nSPS) is 12.0. The number of aryl methyl sites for hydroxylation is 1. The number of rotatable bonds is 5. The van der Waals surface area contributed by atoms with E-state index in [0.29, 0.717) is 23.7 Å². The first-order valence-corrected chi connectivity index (χ1v) is 6.89. The van der Waals surface area contributed by atoms with E-state index < -0.39 is 6.04 Å². The van der Waals surface area contributed by atoms with Gasteiger partial charge in [-0.2, -0.15) is 0 Å². The van der Waals surface area contributed by atoms with Crippen molar-refractivity contribution in [3.63, 3.8) is 0 Å². The maximum atomic E-state index is 14.2. The minimum Gasteiger partial charge on any atom is -0.496 e. The summed E-state index contributed by atoms with van der Waals surface area (Å²) in [5, 5.41) is 0. The van der Waals surface area contributed by atoms with Crippen molar-refractivity contribution in [2.45, 2.75) is 19.9 Å². The third kappa shape index (κ3) is 3.16. The van der Waals surface area contributed by atoms with E-state index in [2.05, 4.69) is 0 Å². The van der Waals surface area contributed by atoms with Crippen LogP contribution in [0.15, 0.2) is 36.4 Å². The number of halogens is 1. The summed E-state index contributed by atoms with van der Waals surface area (Å²) in [7, 11) is 1.50. The summed E-state index contributed by atoms with van der Waals surface area (Å²) < 4.78 is 25.0. The summed E-state index contributed by atoms with van der Waals surface area (Å²) in [6, 6.07) is 9.76. The average Bonchev–Trinajstić information content (AvgIpc) is 2.48. The molecule has 0 saturated carbocycles. The summed E-state index contributed by atoms with van der Waals surface area (Å²) in [5.41, 5.74) is 8.42. The van der Waals surface area contributed by atoms with Gasteiger partial charge in [-0.1, -0.05) is 23.8 Å². The fourth-order valence-electron chi connectivity index (χ4n) is 2.35. The molecule has 2 rings (SSSR count). The minimum atomic E-state index is -0.650. The lowest BCUT2D eigenvalue weighted by Crippen LogP contribution is -2.16. The van der Waals surface area contributed by atoms with E-state index in [1.807, 2.05) is 32.0 Å². The summed E-state index contributed by atoms with van der Waals surface area (Å²) in [6.45, 7) is 4.39. The average molecular weight is 289 g/mol. The van der Waals surface area contributed by atoms with Gasteiger partial charge in [0.05, 0.1) is 25.3 Å². The zero-order valence-corrected chi connectivity index (χ0v) is 12.5. The molecule has 0 aliphatic rings. The number of hydrogen-bond acceptors (Lipinski definition) is 3. The zero-order chi connectivity index (χ0) is 15.4. The summed E-state index contributed by atoms with van der Waals surface area (Å²) in [5.74, 6) is 0.721. The Morgan fingerprint density at radius 1 is 1.19 bits per heavy atom. The molecular formula is C17H20FNO2. The van der Waals surface area contributed by atoms with Crippen LogP contribution in [0.4, 0.5) is 4.39 Å². The fraction of sp³-hybridized carbons (Fsp3) is 0.294. The van der Waals surface area contributed by atoms with Gasteiger partial charge in [0.25, 0.3) is 0 Å². The first-order valence-electron chi connectivity index (χ1n) is 6.89. The molecule has 2 aromatic rings. The van der Waals surface area contributed by atoms with E-state index in [9.17, 15) is 4.39 Å². The lowest BCUT2D eigenvalue weighted by atomic mass is 9.96. The highest BCUT2D eigenvalue weighted by molar-refractivity contribution is 5.48. The van der Waals surface area contributed by atoms with Gasteiger partial charge in [-0.15, -0.1) is 0 Å². The van der Waals surface area contributed by atoms with Crippen molar-refractivity contribution in [3.05, 3.63) is 58.9 Å². The number of benzene rings is 2. The molecule has 112 valence electrons. The molecule has 0 radical (unpaired) electrons. The maximum absolute atomic E-state index is 14.2. The summed E-state index contributed by atoms with van der Waals surface area (Å²) >= 11 is 0. The lowest BCUT2D eigenvalue weighted by molar-refractivity contribution is 0.334. The van der Waals surface area contributed by atoms with E-state index >= 15 is 0 Å². The van der Waals surface area contributed by atoms with E-state index in [1.165, 1.54) is 13.2 Å². The van der Waals surface area contributed by atoms with Gasteiger partial charge in [0, 0.05) is 5.56 Å². The molecule has 2 aromatic carbocycles. The van der Waals surface area contributed by atoms with Crippen molar-refractivity contribution in [1.82, 2.24) is 0 Å². The predicted octanol–water partition coefficient (Wildman–Crippen LogP) is 3.59. The predicted molar refractivity (Wildman–Crippen MR) is 81.3 cm³/mol. The molecule has 0 saturated heterocycles. The van der Waals surface area contributed by atoms with E-state index in [1.54, 1.807) is 12.1 Å². The Morgan fingerprint density at radius 3 is 2.62 bits per heavy atom. The smallest absolute Gasteiger partial charge is 0.132 e. The Hall–Kier alpha value is -2.07. The second-order valence-electron chi connectivity index (χ2n) is 4.81. The van der Waals surface area contributed by atoms with Crippen LogP contribution in [0.1, 0.15) is 29.7 Å². The van der Waals surface area contributed by atoms with Crippen LogP contribution in [-0.2, 0) is 0 Å². The van der Waals surface area contributed by atoms with E-state index in [4.69, 9.17) is 15.2 Å². The van der Waals surface area contributed by atoms with Gasteiger partial charge < -0.3 is 15.2 Å². The summed E-state index contributed by atoms with van der Waals surface area (Å²) in [4.78, 5) is 0. The highest BCUT2D eigenvalue weighted by atomic mass is 19.1. The van der Waals surface area contributed by atoms with Crippen LogP contribution in [0.2, 0.25) is 0 Å². The van der Waals surface area contributed by atoms with E-state index in [-0.39, 0.29) is 5.82 Å². The fourth-order valence-corrected chi connectivity index (χ4v) is 2.35. The van der Waals surface area contributed by atoms with Crippen LogP contribution >= 0.6 is 0 Å². The molecule has 0 heterocycles. The molecule has 0 aromatic heterocycles. The number of nitrogens with two attached hydrogens (primary N) is 1. The highest BCUT2D eigenvalue weighted by Crippen LogP contribution is 2.35. The molecule has 0 aliphatic carbocycles. The third-order valence-corrected chi connectivity index (χ3v) is 3.34. The van der Waals surface area contributed by atoms with Gasteiger partial charge in [-0.25, -0.2) is 4.39 Å². The van der Waals surface area contributed by atoms with Gasteiger partial charge in [0.2, 0.25) is 0 Å². The van der Waals surface area contributed by atoms with Crippen LogP contribution < -0.4 is 15.2 Å². The SMILES string of the molecule is CCOc1ccc(C)cc1C(N)c1c(F)cccc1OC. The molecule has 0 bridgehead atoms. The lowest BCUT2D eigenvalue weighted by Gasteiger charge is -2.20. The molecule has 1 atom stereocenters. The second kappa shape index (κ2) is 6.59. The molecule has 21 heavy (non-hydrogen) atoms. The number of hydrogen-bond donors (Lipinski definition) is 1. The molecule has 0 spiro atoms. The minimum absolute atomic E-state index is 0.339. The molecule has 0 aliphatic heterocycles. The Balaban J connectivity index is 2.54. The highest BCUT2D eigenvalue weighted by Gasteiger charge is 2.21. The summed E-state index contributed by atoms with van der Waals surface area (Å²) in [6.07, 6.45) is 0. The molecular weight excluding hydrogens is 269 g/mol. The molecule has 1 unspecified atom stereocenters. The van der Waals surface area contributed by atoms with Crippen molar-refractivity contribution in [2.75, 3.05) is 13.7 Å². The van der Waals surface area contributed by atoms with Crippen LogP contribution in [0, 0.1) is 12.7 Å². The Labute approximate surface area is 124 Å². The molecule has 2 N–H and O–H groups in total. The Kier molecular flexibility index (Phi) is 4.81. The van der Waals surface area contributed by atoms with Crippen molar-refractivity contribution >= 4 is 0 Å². The topological polar surface area (TPSA) is 44.5 Å². The molecule has 4 heteroatoms. The van der Waals surface area contributed by atoms with Crippen molar-refractivity contribution in [3.8, 4) is 11.5 Å². The molecule has 0 amide bonds. The van der Waals surface area contributed by atoms with Gasteiger partial charge >= 0.3 is 0 Å². The Morgan fingerprint density at radius 2 is 1.95 bits per heavy atom. The van der Waals surface area contributed by atoms with Crippen molar-refractivity contribution in [2.24, 2.45) is 5.73 Å². The van der Waals surface area contributed by atoms with E-state index in [0.717, 1.165) is 11.1 Å². The number of methoxy groups -OCH3 is 1. The van der Waals surface area contributed by atoms with Crippen LogP contribution in [0.5, 0.6) is 11.5 Å². The third-order valence-electron chi connectivity index (χ3n) is 3.34. The van der Waals surface area contributed by atoms with Gasteiger partial charge in [0.15, 0.2) is 0 Å². The van der Waals surface area contributed by atoms with Crippen molar-refractivity contribution < 1.29 is 13.9 Å². The van der Waals surface area contributed by atoms with Crippen molar-refractivity contribution in [1.29, 1.82) is 0 Å². The van der Waals surface area contributed by atoms with Crippen LogP contribution in [0.25, 0.3) is 0 Å². The van der Waals surface area contributed by atoms with Gasteiger partial charge in [-0.05, 0) is 32.0 Å². The maximum Gasteiger partial charge on any atom is 0.132 e. The monoisotopic (exact) mass is 289 g/mol. The number of ether oxygens (including phenoxy) is 2. The van der Waals surface area contributed by atoms with Crippen LogP contribution in [-0.4, -0.2) is 13.7 Å². The Bertz CT molecular complexity index is 628. The quantitative estimate of drug-likeness (QED) is 0.915. The van der Waals surface area contributed by atoms with Gasteiger partial charge in [-0.3, -0.25) is 0 Å².